The van der Waals surface area contributed by atoms with Gasteiger partial charge in [-0.05, 0) is 62.6 Å². The van der Waals surface area contributed by atoms with E-state index in [1.807, 2.05) is 0 Å². The summed E-state index contributed by atoms with van der Waals surface area (Å²) in [5.41, 5.74) is 0.463. The summed E-state index contributed by atoms with van der Waals surface area (Å²) < 4.78 is 13.0. The molecule has 2 nitrogen and oxygen atoms in total. The van der Waals surface area contributed by atoms with Crippen LogP contribution in [0.2, 0.25) is 18.1 Å². The van der Waals surface area contributed by atoms with Gasteiger partial charge in [-0.25, -0.2) is 0 Å². The number of hydrogen-bond donors (Lipinski definition) is 0. The first-order valence-electron chi connectivity index (χ1n) is 8.97. The summed E-state index contributed by atoms with van der Waals surface area (Å²) in [6, 6.07) is 0. The molecule has 1 heterocycles. The van der Waals surface area contributed by atoms with E-state index in [9.17, 15) is 0 Å². The lowest BCUT2D eigenvalue weighted by Crippen LogP contribution is -2.50. The van der Waals surface area contributed by atoms with Gasteiger partial charge in [0.25, 0.3) is 0 Å². The molecule has 0 N–H and O–H groups in total. The Balaban J connectivity index is 1.80. The fraction of sp³-hybridized carbons (Fsp3) is 1.00. The van der Waals surface area contributed by atoms with Crippen molar-refractivity contribution >= 4 is 8.32 Å². The molecule has 0 aromatic carbocycles. The maximum Gasteiger partial charge on any atom is 0.192 e. The van der Waals surface area contributed by atoms with Crippen molar-refractivity contribution in [3.63, 3.8) is 0 Å². The standard InChI is InChI=1S/C18H34O2Si/c1-13-14-9-10-15-16(20-21(5,6)17(2,3)4)8-7-11-18(14,15)12-19-13/h13-16H,7-12H2,1-6H3/t13-,14-,15+,16+,18+/m1/s1. The minimum atomic E-state index is -1.66. The predicted octanol–water partition coefficient (Wildman–Crippen LogP) is 4.99. The van der Waals surface area contributed by atoms with Crippen molar-refractivity contribution in [3.8, 4) is 0 Å². The largest absolute Gasteiger partial charge is 0.414 e. The predicted molar refractivity (Wildman–Crippen MR) is 90.0 cm³/mol. The van der Waals surface area contributed by atoms with E-state index in [2.05, 4.69) is 40.8 Å². The summed E-state index contributed by atoms with van der Waals surface area (Å²) in [7, 11) is -1.66. The van der Waals surface area contributed by atoms with E-state index in [0.717, 1.165) is 18.4 Å². The third-order valence-corrected chi connectivity index (χ3v) is 11.8. The molecule has 1 spiro atoms. The van der Waals surface area contributed by atoms with Gasteiger partial charge in [0.2, 0.25) is 0 Å². The fourth-order valence-corrected chi connectivity index (χ4v) is 6.45. The maximum absolute atomic E-state index is 6.88. The molecule has 0 amide bonds. The molecule has 5 atom stereocenters. The van der Waals surface area contributed by atoms with E-state index in [0.29, 0.717) is 22.7 Å². The maximum atomic E-state index is 6.88. The van der Waals surface area contributed by atoms with Crippen LogP contribution in [-0.2, 0) is 9.16 Å². The number of ether oxygens (including phenoxy) is 1. The topological polar surface area (TPSA) is 18.5 Å². The molecule has 21 heavy (non-hydrogen) atoms. The summed E-state index contributed by atoms with van der Waals surface area (Å²) in [6.07, 6.45) is 7.70. The average molecular weight is 311 g/mol. The van der Waals surface area contributed by atoms with Gasteiger partial charge in [-0.3, -0.25) is 0 Å². The van der Waals surface area contributed by atoms with Crippen molar-refractivity contribution < 1.29 is 9.16 Å². The minimum Gasteiger partial charge on any atom is -0.414 e. The van der Waals surface area contributed by atoms with E-state index in [1.165, 1.54) is 32.1 Å². The van der Waals surface area contributed by atoms with Gasteiger partial charge >= 0.3 is 0 Å². The Kier molecular flexibility index (Phi) is 3.87. The SMILES string of the molecule is C[C@H]1OC[C@]23CCC[C@H](O[Si](C)(C)C(C)(C)C)[C@@H]2CC[C@H]13. The fourth-order valence-electron chi connectivity index (χ4n) is 5.06. The molecule has 0 bridgehead atoms. The molecule has 0 radical (unpaired) electrons. The first-order valence-corrected chi connectivity index (χ1v) is 11.9. The van der Waals surface area contributed by atoms with Gasteiger partial charge in [0.15, 0.2) is 8.32 Å². The van der Waals surface area contributed by atoms with E-state index in [4.69, 9.17) is 9.16 Å². The highest BCUT2D eigenvalue weighted by Gasteiger charge is 2.60. The second kappa shape index (κ2) is 5.07. The summed E-state index contributed by atoms with van der Waals surface area (Å²) >= 11 is 0. The van der Waals surface area contributed by atoms with Crippen LogP contribution in [0.25, 0.3) is 0 Å². The van der Waals surface area contributed by atoms with E-state index in [1.54, 1.807) is 0 Å². The second-order valence-corrected chi connectivity index (χ2v) is 14.1. The summed E-state index contributed by atoms with van der Waals surface area (Å²) in [5.74, 6) is 1.56. The van der Waals surface area contributed by atoms with Gasteiger partial charge in [-0.2, -0.15) is 0 Å². The Bertz CT molecular complexity index is 397. The Morgan fingerprint density at radius 3 is 2.43 bits per heavy atom. The Labute approximate surface area is 132 Å². The minimum absolute atomic E-state index is 0.315. The zero-order valence-corrected chi connectivity index (χ0v) is 15.9. The van der Waals surface area contributed by atoms with Gasteiger partial charge < -0.3 is 9.16 Å². The zero-order chi connectivity index (χ0) is 15.5. The summed E-state index contributed by atoms with van der Waals surface area (Å²) in [5, 5.41) is 0.315. The Morgan fingerprint density at radius 1 is 1.10 bits per heavy atom. The van der Waals surface area contributed by atoms with Crippen LogP contribution in [0, 0.1) is 17.3 Å². The van der Waals surface area contributed by atoms with Crippen LogP contribution in [0.4, 0.5) is 0 Å². The van der Waals surface area contributed by atoms with Crippen molar-refractivity contribution in [2.75, 3.05) is 6.61 Å². The average Bonchev–Trinajstić information content (AvgIpc) is 2.87. The molecule has 1 saturated heterocycles. The van der Waals surface area contributed by atoms with Crippen molar-refractivity contribution in [1.29, 1.82) is 0 Å². The molecular formula is C18H34O2Si. The highest BCUT2D eigenvalue weighted by molar-refractivity contribution is 6.74. The van der Waals surface area contributed by atoms with Crippen molar-refractivity contribution in [2.45, 2.75) is 90.1 Å². The molecule has 1 aliphatic heterocycles. The lowest BCUT2D eigenvalue weighted by atomic mass is 9.64. The first-order chi connectivity index (χ1) is 9.67. The quantitative estimate of drug-likeness (QED) is 0.669. The number of hydrogen-bond acceptors (Lipinski definition) is 2. The van der Waals surface area contributed by atoms with Crippen molar-refractivity contribution in [1.82, 2.24) is 0 Å². The smallest absolute Gasteiger partial charge is 0.192 e. The van der Waals surface area contributed by atoms with Crippen LogP contribution < -0.4 is 0 Å². The van der Waals surface area contributed by atoms with E-state index in [-0.39, 0.29) is 0 Å². The van der Waals surface area contributed by atoms with Crippen LogP contribution in [0.1, 0.15) is 59.8 Å². The van der Waals surface area contributed by atoms with Gasteiger partial charge in [-0.15, -0.1) is 0 Å². The molecule has 0 aromatic heterocycles. The van der Waals surface area contributed by atoms with Crippen LogP contribution in [0.3, 0.4) is 0 Å². The highest BCUT2D eigenvalue weighted by atomic mass is 28.4. The number of rotatable bonds is 2. The third-order valence-electron chi connectivity index (χ3n) is 7.28. The monoisotopic (exact) mass is 310 g/mol. The first kappa shape index (κ1) is 16.0. The summed E-state index contributed by atoms with van der Waals surface area (Å²) in [6.45, 7) is 15.2. The molecule has 0 aromatic rings. The van der Waals surface area contributed by atoms with E-state index >= 15 is 0 Å². The Hall–Kier alpha value is 0.137. The zero-order valence-electron chi connectivity index (χ0n) is 14.9. The van der Waals surface area contributed by atoms with Crippen LogP contribution in [-0.4, -0.2) is 27.1 Å². The molecule has 3 heteroatoms. The molecule has 3 rings (SSSR count). The van der Waals surface area contributed by atoms with Crippen molar-refractivity contribution in [3.05, 3.63) is 0 Å². The van der Waals surface area contributed by atoms with Crippen molar-refractivity contribution in [2.24, 2.45) is 17.3 Å². The normalized spacial score (nSPS) is 43.7. The van der Waals surface area contributed by atoms with E-state index < -0.39 is 8.32 Å². The third kappa shape index (κ3) is 2.44. The molecule has 2 aliphatic carbocycles. The molecular weight excluding hydrogens is 276 g/mol. The molecule has 3 fully saturated rings. The van der Waals surface area contributed by atoms with Crippen LogP contribution >= 0.6 is 0 Å². The Morgan fingerprint density at radius 2 is 1.76 bits per heavy atom. The van der Waals surface area contributed by atoms with Gasteiger partial charge in [-0.1, -0.05) is 27.2 Å². The van der Waals surface area contributed by atoms with Crippen LogP contribution in [0.15, 0.2) is 0 Å². The van der Waals surface area contributed by atoms with Gasteiger partial charge in [0, 0.05) is 11.5 Å². The lowest BCUT2D eigenvalue weighted by Gasteiger charge is -2.48. The van der Waals surface area contributed by atoms with Gasteiger partial charge in [0.1, 0.15) is 0 Å². The molecule has 2 saturated carbocycles. The molecule has 0 unspecified atom stereocenters. The second-order valence-electron chi connectivity index (χ2n) is 9.35. The highest BCUT2D eigenvalue weighted by Crippen LogP contribution is 2.61. The lowest BCUT2D eigenvalue weighted by molar-refractivity contribution is -0.0180. The van der Waals surface area contributed by atoms with Crippen LogP contribution in [0.5, 0.6) is 0 Å². The molecule has 122 valence electrons. The van der Waals surface area contributed by atoms with Gasteiger partial charge in [0.05, 0.1) is 12.7 Å². The molecule has 3 aliphatic rings. The summed E-state index contributed by atoms with van der Waals surface area (Å²) in [4.78, 5) is 0.